The highest BCUT2D eigenvalue weighted by molar-refractivity contribution is 5.90. The molecule has 164 valence electrons. The maximum atomic E-state index is 15.0. The molecule has 0 aliphatic carbocycles. The summed E-state index contributed by atoms with van der Waals surface area (Å²) < 4.78 is 76.2. The third-order valence-electron chi connectivity index (χ3n) is 5.24. The number of nitrogens with one attached hydrogen (secondary N) is 1. The normalized spacial score (nSPS) is 16.1. The van der Waals surface area contributed by atoms with Gasteiger partial charge in [0.25, 0.3) is 0 Å². The van der Waals surface area contributed by atoms with Gasteiger partial charge in [-0.1, -0.05) is 0 Å². The molecule has 1 aliphatic rings. The average Bonchev–Trinajstić information content (AvgIpc) is 3.44. The lowest BCUT2D eigenvalue weighted by atomic mass is 10.1. The zero-order valence-corrected chi connectivity index (χ0v) is 16.2. The molecule has 5 rings (SSSR count). The van der Waals surface area contributed by atoms with Crippen molar-refractivity contribution in [3.63, 3.8) is 0 Å². The third-order valence-corrected chi connectivity index (χ3v) is 5.24. The van der Waals surface area contributed by atoms with Crippen molar-refractivity contribution in [3.05, 3.63) is 65.9 Å². The second kappa shape index (κ2) is 7.83. The van der Waals surface area contributed by atoms with E-state index in [1.54, 1.807) is 4.68 Å². The van der Waals surface area contributed by atoms with Crippen molar-refractivity contribution >= 4 is 11.0 Å². The van der Waals surface area contributed by atoms with Crippen LogP contribution in [0.4, 0.5) is 22.0 Å². The van der Waals surface area contributed by atoms with Crippen molar-refractivity contribution in [2.24, 2.45) is 0 Å². The van der Waals surface area contributed by atoms with Gasteiger partial charge in [-0.3, -0.25) is 0 Å². The Morgan fingerprint density at radius 1 is 1.00 bits per heavy atom. The van der Waals surface area contributed by atoms with Crippen molar-refractivity contribution in [1.29, 1.82) is 0 Å². The van der Waals surface area contributed by atoms with Crippen LogP contribution in [0.3, 0.4) is 0 Å². The standard InChI is InChI=1S/C21H14F5N5O/c22-14-5-11(32-20-17(25)15(23)6-16(24)18(20)26)1-2-12(14)19-13-8-28-9-29-21(13)31(30-19)10-3-4-27-7-10/h1-2,5-6,8-10,27H,3-4,7H2/t10-/m1/s1. The van der Waals surface area contributed by atoms with E-state index in [2.05, 4.69) is 20.4 Å². The molecule has 1 aliphatic heterocycles. The van der Waals surface area contributed by atoms with E-state index in [1.807, 2.05) is 0 Å². The second-order valence-electron chi connectivity index (χ2n) is 7.24. The zero-order chi connectivity index (χ0) is 22.4. The molecule has 0 saturated carbocycles. The molecule has 1 fully saturated rings. The fourth-order valence-electron chi connectivity index (χ4n) is 3.69. The molecule has 4 aromatic rings. The molecule has 0 bridgehead atoms. The second-order valence-corrected chi connectivity index (χ2v) is 7.24. The molecule has 1 saturated heterocycles. The summed E-state index contributed by atoms with van der Waals surface area (Å²) in [6.45, 7) is 1.51. The molecule has 0 unspecified atom stereocenters. The van der Waals surface area contributed by atoms with Gasteiger partial charge in [0.1, 0.15) is 23.6 Å². The van der Waals surface area contributed by atoms with Gasteiger partial charge in [-0.2, -0.15) is 13.9 Å². The van der Waals surface area contributed by atoms with Gasteiger partial charge in [-0.05, 0) is 25.1 Å². The number of halogens is 5. The third kappa shape index (κ3) is 3.34. The van der Waals surface area contributed by atoms with Gasteiger partial charge in [-0.25, -0.2) is 27.8 Å². The summed E-state index contributed by atoms with van der Waals surface area (Å²) >= 11 is 0. The molecule has 0 spiro atoms. The van der Waals surface area contributed by atoms with Crippen LogP contribution in [0.5, 0.6) is 11.5 Å². The smallest absolute Gasteiger partial charge is 0.204 e. The van der Waals surface area contributed by atoms with Crippen LogP contribution in [0.25, 0.3) is 22.3 Å². The first-order valence-electron chi connectivity index (χ1n) is 9.63. The van der Waals surface area contributed by atoms with Crippen LogP contribution < -0.4 is 10.1 Å². The summed E-state index contributed by atoms with van der Waals surface area (Å²) in [6, 6.07) is 3.46. The minimum absolute atomic E-state index is 0.0423. The van der Waals surface area contributed by atoms with E-state index in [0.717, 1.165) is 19.0 Å². The van der Waals surface area contributed by atoms with Crippen molar-refractivity contribution in [2.45, 2.75) is 12.5 Å². The molecule has 6 nitrogen and oxygen atoms in total. The summed E-state index contributed by atoms with van der Waals surface area (Å²) in [5.41, 5.74) is 0.904. The monoisotopic (exact) mass is 447 g/mol. The predicted octanol–water partition coefficient (Wildman–Crippen LogP) is 4.52. The van der Waals surface area contributed by atoms with Crippen LogP contribution in [0.15, 0.2) is 36.8 Å². The van der Waals surface area contributed by atoms with Crippen molar-refractivity contribution in [3.8, 4) is 22.8 Å². The number of benzene rings is 2. The van der Waals surface area contributed by atoms with Gasteiger partial charge in [0.15, 0.2) is 17.3 Å². The first kappa shape index (κ1) is 20.3. The van der Waals surface area contributed by atoms with E-state index < -0.39 is 34.8 Å². The number of aromatic nitrogens is 4. The van der Waals surface area contributed by atoms with Crippen LogP contribution in [-0.2, 0) is 0 Å². The number of nitrogens with zero attached hydrogens (tertiary/aromatic N) is 4. The highest BCUT2D eigenvalue weighted by Gasteiger charge is 2.25. The summed E-state index contributed by atoms with van der Waals surface area (Å²) in [5, 5.41) is 8.30. The Morgan fingerprint density at radius 2 is 1.78 bits per heavy atom. The minimum Gasteiger partial charge on any atom is -0.451 e. The summed E-state index contributed by atoms with van der Waals surface area (Å²) in [7, 11) is 0. The topological polar surface area (TPSA) is 64.9 Å². The van der Waals surface area contributed by atoms with E-state index in [4.69, 9.17) is 4.74 Å². The van der Waals surface area contributed by atoms with Crippen LogP contribution in [-0.4, -0.2) is 32.8 Å². The number of rotatable bonds is 4. The van der Waals surface area contributed by atoms with E-state index in [-0.39, 0.29) is 29.1 Å². The largest absolute Gasteiger partial charge is 0.451 e. The lowest BCUT2D eigenvalue weighted by Crippen LogP contribution is -2.14. The maximum absolute atomic E-state index is 15.0. The SMILES string of the molecule is Fc1cc(Oc2c(F)c(F)cc(F)c2F)ccc1-c1nn([C@@H]2CCNC2)c2ncncc12. The molecule has 32 heavy (non-hydrogen) atoms. The van der Waals surface area contributed by atoms with Gasteiger partial charge in [0.05, 0.1) is 11.4 Å². The molecule has 2 aromatic carbocycles. The van der Waals surface area contributed by atoms with Crippen LogP contribution in [0.1, 0.15) is 12.5 Å². The minimum atomic E-state index is -1.72. The molecular formula is C21H14F5N5O. The Bertz CT molecular complexity index is 1310. The van der Waals surface area contributed by atoms with E-state index in [9.17, 15) is 22.0 Å². The Labute approximate surface area is 177 Å². The van der Waals surface area contributed by atoms with E-state index >= 15 is 0 Å². The number of hydrogen-bond acceptors (Lipinski definition) is 5. The molecule has 2 aromatic heterocycles. The summed E-state index contributed by atoms with van der Waals surface area (Å²) in [4.78, 5) is 8.27. The van der Waals surface area contributed by atoms with Crippen LogP contribution >= 0.6 is 0 Å². The van der Waals surface area contributed by atoms with Crippen molar-refractivity contribution < 1.29 is 26.7 Å². The molecule has 0 radical (unpaired) electrons. The Kier molecular flexibility index (Phi) is 4.97. The molecule has 11 heteroatoms. The van der Waals surface area contributed by atoms with Crippen molar-refractivity contribution in [2.75, 3.05) is 13.1 Å². The quantitative estimate of drug-likeness (QED) is 0.368. The fourth-order valence-corrected chi connectivity index (χ4v) is 3.69. The van der Waals surface area contributed by atoms with Crippen molar-refractivity contribution in [1.82, 2.24) is 25.1 Å². The first-order valence-corrected chi connectivity index (χ1v) is 9.63. The van der Waals surface area contributed by atoms with Gasteiger partial charge in [0.2, 0.25) is 17.4 Å². The van der Waals surface area contributed by atoms with E-state index in [1.165, 1.54) is 24.7 Å². The summed E-state index contributed by atoms with van der Waals surface area (Å²) in [6.07, 6.45) is 3.73. The highest BCUT2D eigenvalue weighted by atomic mass is 19.2. The van der Waals surface area contributed by atoms with Gasteiger partial charge in [0, 0.05) is 30.4 Å². The maximum Gasteiger partial charge on any atom is 0.204 e. The number of fused-ring (bicyclic) bond motifs is 1. The van der Waals surface area contributed by atoms with Gasteiger partial charge >= 0.3 is 0 Å². The zero-order valence-electron chi connectivity index (χ0n) is 16.2. The van der Waals surface area contributed by atoms with Gasteiger partial charge < -0.3 is 10.1 Å². The molecule has 3 heterocycles. The molecule has 1 atom stereocenters. The van der Waals surface area contributed by atoms with Gasteiger partial charge in [-0.15, -0.1) is 0 Å². The lowest BCUT2D eigenvalue weighted by molar-refractivity contribution is 0.365. The van der Waals surface area contributed by atoms with Crippen LogP contribution in [0, 0.1) is 29.1 Å². The highest BCUT2D eigenvalue weighted by Crippen LogP contribution is 2.35. The average molecular weight is 447 g/mol. The molecule has 1 N–H and O–H groups in total. The Hall–Kier alpha value is -3.60. The van der Waals surface area contributed by atoms with Crippen LogP contribution in [0.2, 0.25) is 0 Å². The number of hydrogen-bond donors (Lipinski definition) is 1. The fraction of sp³-hybridized carbons (Fsp3) is 0.190. The Balaban J connectivity index is 1.55. The molecular weight excluding hydrogens is 433 g/mol. The number of ether oxygens (including phenoxy) is 1. The summed E-state index contributed by atoms with van der Waals surface area (Å²) in [5.74, 6) is -9.18. The predicted molar refractivity (Wildman–Crippen MR) is 104 cm³/mol. The van der Waals surface area contributed by atoms with E-state index in [0.29, 0.717) is 17.6 Å². The lowest BCUT2D eigenvalue weighted by Gasteiger charge is -2.10. The molecule has 0 amide bonds. The first-order chi connectivity index (χ1) is 15.4. The Morgan fingerprint density at radius 3 is 2.47 bits per heavy atom.